The molecule has 0 radical (unpaired) electrons. The van der Waals surface area contributed by atoms with Crippen LogP contribution < -0.4 is 11.1 Å². The molecule has 3 N–H and O–H groups in total. The van der Waals surface area contributed by atoms with Crippen molar-refractivity contribution in [1.29, 1.82) is 0 Å². The van der Waals surface area contributed by atoms with E-state index in [0.29, 0.717) is 6.04 Å². The summed E-state index contributed by atoms with van der Waals surface area (Å²) in [6.45, 7) is 8.43. The van der Waals surface area contributed by atoms with Crippen molar-refractivity contribution in [3.8, 4) is 0 Å². The maximum absolute atomic E-state index is 11.3. The molecule has 0 saturated heterocycles. The fourth-order valence-corrected chi connectivity index (χ4v) is 1.97. The van der Waals surface area contributed by atoms with Gasteiger partial charge >= 0.3 is 0 Å². The normalized spacial score (nSPS) is 15.1. The number of unbranched alkanes of at least 4 members (excludes halogenated alkanes) is 1. The molecular weight excluding hydrogens is 200 g/mol. The lowest BCUT2D eigenvalue weighted by Crippen LogP contribution is -2.49. The number of hydrogen-bond acceptors (Lipinski definition) is 2. The number of hydrogen-bond donors (Lipinski definition) is 2. The molecule has 0 aromatic carbocycles. The lowest BCUT2D eigenvalue weighted by Gasteiger charge is -2.26. The summed E-state index contributed by atoms with van der Waals surface area (Å²) in [5.41, 5.74) is 5.41. The van der Waals surface area contributed by atoms with Crippen LogP contribution in [0.2, 0.25) is 0 Å². The number of nitrogens with one attached hydrogen (secondary N) is 1. The van der Waals surface area contributed by atoms with Gasteiger partial charge in [-0.15, -0.1) is 0 Å². The summed E-state index contributed by atoms with van der Waals surface area (Å²) < 4.78 is 0. The van der Waals surface area contributed by atoms with Gasteiger partial charge in [0.1, 0.15) is 0 Å². The van der Waals surface area contributed by atoms with Crippen molar-refractivity contribution in [3.05, 3.63) is 0 Å². The van der Waals surface area contributed by atoms with Crippen LogP contribution in [0, 0.1) is 5.92 Å². The van der Waals surface area contributed by atoms with E-state index in [1.807, 2.05) is 13.8 Å². The van der Waals surface area contributed by atoms with E-state index in [1.54, 1.807) is 0 Å². The first-order valence-corrected chi connectivity index (χ1v) is 6.58. The van der Waals surface area contributed by atoms with Gasteiger partial charge in [0.2, 0.25) is 5.91 Å². The number of rotatable bonds is 9. The molecule has 96 valence electrons. The molecule has 0 rings (SSSR count). The van der Waals surface area contributed by atoms with Gasteiger partial charge in [-0.3, -0.25) is 4.79 Å². The van der Waals surface area contributed by atoms with Crippen LogP contribution in [-0.4, -0.2) is 18.0 Å². The van der Waals surface area contributed by atoms with Crippen LogP contribution in [0.5, 0.6) is 0 Å². The van der Waals surface area contributed by atoms with Gasteiger partial charge in [-0.1, -0.05) is 47.0 Å². The highest BCUT2D eigenvalue weighted by Crippen LogP contribution is 2.10. The van der Waals surface area contributed by atoms with Crippen LogP contribution >= 0.6 is 0 Å². The maximum Gasteiger partial charge on any atom is 0.234 e. The molecule has 0 aliphatic carbocycles. The van der Waals surface area contributed by atoms with Crippen molar-refractivity contribution in [2.45, 2.75) is 71.9 Å². The molecule has 0 bridgehead atoms. The van der Waals surface area contributed by atoms with E-state index in [-0.39, 0.29) is 17.9 Å². The van der Waals surface area contributed by atoms with Gasteiger partial charge in [-0.2, -0.15) is 0 Å². The van der Waals surface area contributed by atoms with Crippen molar-refractivity contribution in [3.63, 3.8) is 0 Å². The molecule has 0 heterocycles. The molecule has 1 amide bonds. The van der Waals surface area contributed by atoms with Crippen LogP contribution in [0.3, 0.4) is 0 Å². The maximum atomic E-state index is 11.3. The smallest absolute Gasteiger partial charge is 0.234 e. The summed E-state index contributed by atoms with van der Waals surface area (Å²) in [5, 5.41) is 3.41. The Hall–Kier alpha value is -0.570. The second kappa shape index (κ2) is 8.57. The monoisotopic (exact) mass is 228 g/mol. The molecule has 0 fully saturated rings. The minimum Gasteiger partial charge on any atom is -0.368 e. The van der Waals surface area contributed by atoms with Gasteiger partial charge in [0.25, 0.3) is 0 Å². The first-order valence-electron chi connectivity index (χ1n) is 6.58. The Balaban J connectivity index is 4.26. The lowest BCUT2D eigenvalue weighted by molar-refractivity contribution is -0.121. The van der Waals surface area contributed by atoms with Crippen molar-refractivity contribution < 1.29 is 4.79 Å². The zero-order valence-electron chi connectivity index (χ0n) is 11.3. The van der Waals surface area contributed by atoms with Gasteiger partial charge in [0.15, 0.2) is 0 Å². The average molecular weight is 228 g/mol. The highest BCUT2D eigenvalue weighted by Gasteiger charge is 2.22. The van der Waals surface area contributed by atoms with Crippen LogP contribution in [0.25, 0.3) is 0 Å². The SMILES string of the molecule is CCCCC(CCC)NC(C(N)=O)C(C)C. The van der Waals surface area contributed by atoms with Gasteiger partial charge in [0.05, 0.1) is 6.04 Å². The van der Waals surface area contributed by atoms with Crippen LogP contribution in [-0.2, 0) is 4.79 Å². The van der Waals surface area contributed by atoms with E-state index in [2.05, 4.69) is 19.2 Å². The number of nitrogens with two attached hydrogens (primary N) is 1. The van der Waals surface area contributed by atoms with Crippen molar-refractivity contribution in [1.82, 2.24) is 5.32 Å². The molecule has 2 atom stereocenters. The molecule has 3 nitrogen and oxygen atoms in total. The van der Waals surface area contributed by atoms with Crippen molar-refractivity contribution >= 4 is 5.91 Å². The van der Waals surface area contributed by atoms with Crippen LogP contribution in [0.4, 0.5) is 0 Å². The summed E-state index contributed by atoms with van der Waals surface area (Å²) in [5.74, 6) is 0.0334. The minimum absolute atomic E-state index is 0.187. The van der Waals surface area contributed by atoms with E-state index in [0.717, 1.165) is 19.3 Å². The van der Waals surface area contributed by atoms with Gasteiger partial charge < -0.3 is 11.1 Å². The summed E-state index contributed by atoms with van der Waals surface area (Å²) >= 11 is 0. The topological polar surface area (TPSA) is 55.1 Å². The molecule has 2 unspecified atom stereocenters. The summed E-state index contributed by atoms with van der Waals surface area (Å²) in [4.78, 5) is 11.3. The van der Waals surface area contributed by atoms with Crippen molar-refractivity contribution in [2.24, 2.45) is 11.7 Å². The Morgan fingerprint density at radius 1 is 1.19 bits per heavy atom. The fraction of sp³-hybridized carbons (Fsp3) is 0.923. The molecule has 0 saturated carbocycles. The van der Waals surface area contributed by atoms with Crippen LogP contribution in [0.1, 0.15) is 59.8 Å². The first kappa shape index (κ1) is 15.4. The molecule has 16 heavy (non-hydrogen) atoms. The molecular formula is C13H28N2O. The van der Waals surface area contributed by atoms with E-state index in [1.165, 1.54) is 12.8 Å². The summed E-state index contributed by atoms with van der Waals surface area (Å²) in [7, 11) is 0. The average Bonchev–Trinajstić information content (AvgIpc) is 2.21. The first-order chi connectivity index (χ1) is 7.52. The molecule has 0 aliphatic rings. The van der Waals surface area contributed by atoms with E-state index < -0.39 is 0 Å². The second-order valence-corrected chi connectivity index (χ2v) is 4.92. The van der Waals surface area contributed by atoms with Crippen LogP contribution in [0.15, 0.2) is 0 Å². The number of primary amides is 1. The molecule has 3 heteroatoms. The van der Waals surface area contributed by atoms with Gasteiger partial charge in [0, 0.05) is 6.04 Å². The summed E-state index contributed by atoms with van der Waals surface area (Å²) in [6.07, 6.45) is 5.81. The summed E-state index contributed by atoms with van der Waals surface area (Å²) in [6, 6.07) is 0.248. The highest BCUT2D eigenvalue weighted by atomic mass is 16.1. The van der Waals surface area contributed by atoms with E-state index in [9.17, 15) is 4.79 Å². The number of carbonyl (C=O) groups is 1. The zero-order chi connectivity index (χ0) is 12.6. The fourth-order valence-electron chi connectivity index (χ4n) is 1.97. The third-order valence-corrected chi connectivity index (χ3v) is 2.93. The predicted octanol–water partition coefficient (Wildman–Crippen LogP) is 2.44. The molecule has 0 spiro atoms. The van der Waals surface area contributed by atoms with Gasteiger partial charge in [-0.25, -0.2) is 0 Å². The third kappa shape index (κ3) is 6.11. The quantitative estimate of drug-likeness (QED) is 0.637. The molecule has 0 aromatic rings. The Morgan fingerprint density at radius 3 is 2.19 bits per heavy atom. The Labute approximate surface area is 100 Å². The molecule has 0 aromatic heterocycles. The van der Waals surface area contributed by atoms with Crippen molar-refractivity contribution in [2.75, 3.05) is 0 Å². The second-order valence-electron chi connectivity index (χ2n) is 4.92. The predicted molar refractivity (Wildman–Crippen MR) is 69.2 cm³/mol. The largest absolute Gasteiger partial charge is 0.368 e. The standard InChI is InChI=1S/C13H28N2O/c1-5-7-9-11(8-6-2)15-12(10(3)4)13(14)16/h10-12,15H,5-9H2,1-4H3,(H2,14,16). The van der Waals surface area contributed by atoms with E-state index >= 15 is 0 Å². The van der Waals surface area contributed by atoms with E-state index in [4.69, 9.17) is 5.73 Å². The highest BCUT2D eigenvalue weighted by molar-refractivity contribution is 5.80. The minimum atomic E-state index is -0.229. The zero-order valence-corrected chi connectivity index (χ0v) is 11.3. The lowest BCUT2D eigenvalue weighted by atomic mass is 9.99. The Kier molecular flexibility index (Phi) is 8.26. The number of carbonyl (C=O) groups excluding carboxylic acids is 1. The Morgan fingerprint density at radius 2 is 1.81 bits per heavy atom. The molecule has 0 aliphatic heterocycles. The Bertz CT molecular complexity index is 192. The number of amides is 1. The van der Waals surface area contributed by atoms with Gasteiger partial charge in [-0.05, 0) is 18.8 Å². The third-order valence-electron chi connectivity index (χ3n) is 2.93.